The molecule has 0 spiro atoms. The fourth-order valence-electron chi connectivity index (χ4n) is 3.47. The van der Waals surface area contributed by atoms with Gasteiger partial charge in [-0.15, -0.1) is 0 Å². The van der Waals surface area contributed by atoms with Crippen LogP contribution in [0.4, 0.5) is 10.5 Å². The van der Waals surface area contributed by atoms with Crippen LogP contribution in [-0.4, -0.2) is 42.9 Å². The summed E-state index contributed by atoms with van der Waals surface area (Å²) in [5.74, 6) is -2.02. The molecule has 9 heteroatoms. The van der Waals surface area contributed by atoms with Crippen molar-refractivity contribution in [2.24, 2.45) is 5.92 Å². The van der Waals surface area contributed by atoms with Gasteiger partial charge < -0.3 is 20.1 Å². The number of carbonyl (C=O) groups is 4. The first-order valence-electron chi connectivity index (χ1n) is 9.94. The number of amides is 3. The second kappa shape index (κ2) is 9.91. The molecule has 0 aromatic heterocycles. The van der Waals surface area contributed by atoms with Crippen molar-refractivity contribution in [3.05, 3.63) is 41.8 Å². The van der Waals surface area contributed by atoms with Gasteiger partial charge in [-0.1, -0.05) is 38.0 Å². The maximum absolute atomic E-state index is 12.3. The zero-order valence-electron chi connectivity index (χ0n) is 16.7. The van der Waals surface area contributed by atoms with Crippen molar-refractivity contribution in [2.45, 2.75) is 38.6 Å². The predicted molar refractivity (Wildman–Crippen MR) is 107 cm³/mol. The fraction of sp³-hybridized carbons (Fsp3) is 0.429. The first-order chi connectivity index (χ1) is 14.4. The Morgan fingerprint density at radius 1 is 1.13 bits per heavy atom. The number of hydrogen-bond acceptors (Lipinski definition) is 7. The lowest BCUT2D eigenvalue weighted by Gasteiger charge is -2.29. The summed E-state index contributed by atoms with van der Waals surface area (Å²) in [5.41, 5.74) is 0.325. The van der Waals surface area contributed by atoms with E-state index in [0.717, 1.165) is 25.7 Å². The van der Waals surface area contributed by atoms with Gasteiger partial charge in [-0.2, -0.15) is 0 Å². The van der Waals surface area contributed by atoms with Gasteiger partial charge in [0, 0.05) is 11.7 Å². The van der Waals surface area contributed by atoms with Crippen LogP contribution in [0.3, 0.4) is 0 Å². The van der Waals surface area contributed by atoms with E-state index < -0.39 is 30.3 Å². The summed E-state index contributed by atoms with van der Waals surface area (Å²) < 4.78 is 10.1. The van der Waals surface area contributed by atoms with Crippen LogP contribution in [0.15, 0.2) is 41.8 Å². The molecule has 3 amide bonds. The molecule has 3 rings (SSSR count). The molecule has 160 valence electrons. The Hall–Kier alpha value is -3.36. The van der Waals surface area contributed by atoms with Crippen LogP contribution in [0.5, 0.6) is 0 Å². The van der Waals surface area contributed by atoms with Crippen molar-refractivity contribution in [1.82, 2.24) is 10.6 Å². The minimum absolute atomic E-state index is 0.0131. The summed E-state index contributed by atoms with van der Waals surface area (Å²) in [4.78, 5) is 48.3. The molecule has 0 radical (unpaired) electrons. The number of imide groups is 1. The van der Waals surface area contributed by atoms with Gasteiger partial charge >= 0.3 is 12.0 Å². The molecule has 1 aromatic carbocycles. The number of Topliss-reactive ketones (excluding diaryl/α,β-unsaturated/α-hetero) is 1. The number of nitrogens with one attached hydrogen (secondary N) is 3. The molecular formula is C21H25N3O6. The summed E-state index contributed by atoms with van der Waals surface area (Å²) in [5, 5.41) is 7.76. The number of ketones is 1. The van der Waals surface area contributed by atoms with Crippen molar-refractivity contribution in [3.8, 4) is 0 Å². The molecular weight excluding hydrogens is 390 g/mol. The maximum atomic E-state index is 12.3. The SMILES string of the molecule is C[C@H]1CCCC[C@H]1NC(=O)NC(=O)COC(=O)C1=C(Nc2ccccc2)OCC1=O. The summed E-state index contributed by atoms with van der Waals surface area (Å²) >= 11 is 0. The van der Waals surface area contributed by atoms with Crippen LogP contribution in [0, 0.1) is 5.92 Å². The largest absolute Gasteiger partial charge is 0.470 e. The zero-order chi connectivity index (χ0) is 21.5. The average molecular weight is 415 g/mol. The lowest BCUT2D eigenvalue weighted by molar-refractivity contribution is -0.145. The lowest BCUT2D eigenvalue weighted by Crippen LogP contribution is -2.48. The number of urea groups is 1. The molecule has 2 aliphatic rings. The molecule has 1 aliphatic carbocycles. The summed E-state index contributed by atoms with van der Waals surface area (Å²) in [6.45, 7) is 1.07. The van der Waals surface area contributed by atoms with E-state index in [1.165, 1.54) is 0 Å². The van der Waals surface area contributed by atoms with Crippen molar-refractivity contribution < 1.29 is 28.7 Å². The number of esters is 1. The molecule has 1 fully saturated rings. The smallest absolute Gasteiger partial charge is 0.347 e. The zero-order valence-corrected chi connectivity index (χ0v) is 16.7. The monoisotopic (exact) mass is 415 g/mol. The molecule has 1 aromatic rings. The van der Waals surface area contributed by atoms with E-state index in [1.807, 2.05) is 6.07 Å². The van der Waals surface area contributed by atoms with E-state index in [9.17, 15) is 19.2 Å². The first kappa shape index (κ1) is 21.4. The topological polar surface area (TPSA) is 123 Å². The van der Waals surface area contributed by atoms with Gasteiger partial charge in [0.15, 0.2) is 18.8 Å². The van der Waals surface area contributed by atoms with Crippen LogP contribution in [0.25, 0.3) is 0 Å². The van der Waals surface area contributed by atoms with Gasteiger partial charge in [-0.05, 0) is 30.9 Å². The van der Waals surface area contributed by atoms with Gasteiger partial charge in [-0.25, -0.2) is 9.59 Å². The Morgan fingerprint density at radius 2 is 1.87 bits per heavy atom. The van der Waals surface area contributed by atoms with Gasteiger partial charge in [0.25, 0.3) is 5.91 Å². The van der Waals surface area contributed by atoms with Crippen molar-refractivity contribution in [1.29, 1.82) is 0 Å². The highest BCUT2D eigenvalue weighted by molar-refractivity contribution is 6.20. The maximum Gasteiger partial charge on any atom is 0.347 e. The molecule has 0 unspecified atom stereocenters. The van der Waals surface area contributed by atoms with Crippen LogP contribution < -0.4 is 16.0 Å². The van der Waals surface area contributed by atoms with Crippen LogP contribution in [0.1, 0.15) is 32.6 Å². The third-order valence-corrected chi connectivity index (χ3v) is 5.10. The van der Waals surface area contributed by atoms with Crippen molar-refractivity contribution in [2.75, 3.05) is 18.5 Å². The van der Waals surface area contributed by atoms with E-state index in [-0.39, 0.29) is 24.1 Å². The van der Waals surface area contributed by atoms with Crippen molar-refractivity contribution >= 4 is 29.4 Å². The number of anilines is 1. The highest BCUT2D eigenvalue weighted by atomic mass is 16.5. The fourth-order valence-corrected chi connectivity index (χ4v) is 3.47. The highest BCUT2D eigenvalue weighted by Gasteiger charge is 2.33. The van der Waals surface area contributed by atoms with Gasteiger partial charge in [-0.3, -0.25) is 14.9 Å². The second-order valence-electron chi connectivity index (χ2n) is 7.37. The van der Waals surface area contributed by atoms with E-state index >= 15 is 0 Å². The number of para-hydroxylation sites is 1. The molecule has 2 atom stereocenters. The van der Waals surface area contributed by atoms with Crippen LogP contribution >= 0.6 is 0 Å². The van der Waals surface area contributed by atoms with Gasteiger partial charge in [0.05, 0.1) is 0 Å². The first-order valence-corrected chi connectivity index (χ1v) is 9.94. The van der Waals surface area contributed by atoms with E-state index in [2.05, 4.69) is 22.9 Å². The minimum atomic E-state index is -0.993. The Kier molecular flexibility index (Phi) is 7.05. The van der Waals surface area contributed by atoms with Crippen LogP contribution in [-0.2, 0) is 23.9 Å². The molecule has 3 N–H and O–H groups in total. The number of hydrogen-bond donors (Lipinski definition) is 3. The van der Waals surface area contributed by atoms with E-state index in [1.54, 1.807) is 24.3 Å². The molecule has 1 aliphatic heterocycles. The number of rotatable bonds is 6. The summed E-state index contributed by atoms with van der Waals surface area (Å²) in [6.07, 6.45) is 4.06. The predicted octanol–water partition coefficient (Wildman–Crippen LogP) is 1.86. The van der Waals surface area contributed by atoms with Gasteiger partial charge in [0.1, 0.15) is 0 Å². The molecule has 0 bridgehead atoms. The molecule has 1 saturated carbocycles. The highest BCUT2D eigenvalue weighted by Crippen LogP contribution is 2.23. The Morgan fingerprint density at radius 3 is 2.60 bits per heavy atom. The lowest BCUT2D eigenvalue weighted by atomic mass is 9.86. The number of ether oxygens (including phenoxy) is 2. The number of benzene rings is 1. The normalized spacial score (nSPS) is 20.9. The van der Waals surface area contributed by atoms with E-state index in [0.29, 0.717) is 11.6 Å². The third kappa shape index (κ3) is 5.59. The molecule has 9 nitrogen and oxygen atoms in total. The quantitative estimate of drug-likeness (QED) is 0.479. The molecule has 1 heterocycles. The molecule has 30 heavy (non-hydrogen) atoms. The van der Waals surface area contributed by atoms with Gasteiger partial charge in [0.2, 0.25) is 11.7 Å². The third-order valence-electron chi connectivity index (χ3n) is 5.10. The Labute approximate surface area is 174 Å². The second-order valence-corrected chi connectivity index (χ2v) is 7.37. The summed E-state index contributed by atoms with van der Waals surface area (Å²) in [7, 11) is 0. The number of carbonyl (C=O) groups excluding carboxylic acids is 4. The Balaban J connectivity index is 1.50. The van der Waals surface area contributed by atoms with Crippen molar-refractivity contribution in [3.63, 3.8) is 0 Å². The Bertz CT molecular complexity index is 852. The standard InChI is InChI=1S/C21H25N3O6/c1-13-7-5-6-10-15(13)23-21(28)24-17(26)12-30-20(27)18-16(25)11-29-19(18)22-14-8-3-2-4-9-14/h2-4,8-9,13,15,22H,5-7,10-12H2,1H3,(H2,23,24,26,28)/t13-,15+/m0/s1. The average Bonchev–Trinajstić information content (AvgIpc) is 3.08. The van der Waals surface area contributed by atoms with Crippen LogP contribution in [0.2, 0.25) is 0 Å². The minimum Gasteiger partial charge on any atom is -0.470 e. The molecule has 0 saturated heterocycles. The van der Waals surface area contributed by atoms with E-state index in [4.69, 9.17) is 9.47 Å². The summed E-state index contributed by atoms with van der Waals surface area (Å²) in [6, 6.07) is 8.24.